The Labute approximate surface area is 165 Å². The number of carbonyl (C=O) groups excluding carboxylic acids is 1. The van der Waals surface area contributed by atoms with Crippen LogP contribution < -0.4 is 14.2 Å². The Hall–Kier alpha value is -3.27. The van der Waals surface area contributed by atoms with Gasteiger partial charge >= 0.3 is 5.97 Å². The van der Waals surface area contributed by atoms with Crippen LogP contribution in [0.25, 0.3) is 0 Å². The fraction of sp³-hybridized carbons (Fsp3) is 0.208. The zero-order valence-electron chi connectivity index (χ0n) is 16.6. The number of benzene rings is 3. The molecule has 0 aliphatic heterocycles. The number of hydrogen-bond acceptors (Lipinski definition) is 4. The lowest BCUT2D eigenvalue weighted by Gasteiger charge is -2.10. The van der Waals surface area contributed by atoms with Gasteiger partial charge in [0.05, 0.1) is 0 Å². The molecule has 0 amide bonds. The van der Waals surface area contributed by atoms with Gasteiger partial charge in [-0.25, -0.2) is 4.79 Å². The molecule has 0 saturated heterocycles. The van der Waals surface area contributed by atoms with Gasteiger partial charge in [0.15, 0.2) is 6.61 Å². The molecule has 0 aliphatic rings. The Balaban J connectivity index is 1.54. The molecule has 0 spiro atoms. The van der Waals surface area contributed by atoms with Crippen LogP contribution in [0.3, 0.4) is 0 Å². The quantitative estimate of drug-likeness (QED) is 0.409. The molecule has 3 aromatic carbocycles. The molecule has 0 heterocycles. The summed E-state index contributed by atoms with van der Waals surface area (Å²) in [6, 6.07) is 18.9. The van der Waals surface area contributed by atoms with E-state index in [-0.39, 0.29) is 6.61 Å². The number of carbonyl (C=O) groups is 1. The Morgan fingerprint density at radius 1 is 0.643 bits per heavy atom. The predicted octanol–water partition coefficient (Wildman–Crippen LogP) is 5.70. The van der Waals surface area contributed by atoms with Gasteiger partial charge in [-0.2, -0.15) is 0 Å². The Morgan fingerprint density at radius 3 is 1.64 bits per heavy atom. The lowest BCUT2D eigenvalue weighted by atomic mass is 10.1. The van der Waals surface area contributed by atoms with Crippen molar-refractivity contribution >= 4 is 5.97 Å². The molecular formula is C24H24O4. The molecule has 0 unspecified atom stereocenters. The summed E-state index contributed by atoms with van der Waals surface area (Å²) in [7, 11) is 0. The summed E-state index contributed by atoms with van der Waals surface area (Å²) in [4.78, 5) is 12.0. The number of ether oxygens (including phenoxy) is 3. The van der Waals surface area contributed by atoms with E-state index in [4.69, 9.17) is 14.2 Å². The van der Waals surface area contributed by atoms with Gasteiger partial charge in [0.1, 0.15) is 23.0 Å². The lowest BCUT2D eigenvalue weighted by Crippen LogP contribution is -2.17. The van der Waals surface area contributed by atoms with E-state index in [9.17, 15) is 4.79 Å². The van der Waals surface area contributed by atoms with Gasteiger partial charge < -0.3 is 14.2 Å². The molecule has 0 atom stereocenters. The van der Waals surface area contributed by atoms with Gasteiger partial charge in [-0.1, -0.05) is 12.1 Å². The summed E-state index contributed by atoms with van der Waals surface area (Å²) >= 11 is 0. The average molecular weight is 376 g/mol. The SMILES string of the molecule is Cc1cc(C)cc(OC(=O)COc2ccc(Oc3cc(C)cc(C)c3)cc2)c1. The molecule has 144 valence electrons. The van der Waals surface area contributed by atoms with Crippen molar-refractivity contribution in [1.29, 1.82) is 0 Å². The van der Waals surface area contributed by atoms with Crippen LogP contribution in [0.2, 0.25) is 0 Å². The van der Waals surface area contributed by atoms with Crippen LogP contribution in [0.5, 0.6) is 23.0 Å². The first kappa shape index (κ1) is 19.5. The second kappa shape index (κ2) is 8.61. The zero-order chi connectivity index (χ0) is 20.1. The molecule has 3 aromatic rings. The smallest absolute Gasteiger partial charge is 0.349 e. The van der Waals surface area contributed by atoms with Crippen LogP contribution in [-0.2, 0) is 4.79 Å². The molecule has 0 aromatic heterocycles. The number of aryl methyl sites for hydroxylation is 4. The fourth-order valence-corrected chi connectivity index (χ4v) is 3.03. The van der Waals surface area contributed by atoms with Crippen molar-refractivity contribution in [3.63, 3.8) is 0 Å². The highest BCUT2D eigenvalue weighted by atomic mass is 16.6. The second-order valence-electron chi connectivity index (χ2n) is 6.98. The highest BCUT2D eigenvalue weighted by molar-refractivity contribution is 5.74. The molecule has 3 rings (SSSR count). The van der Waals surface area contributed by atoms with Gasteiger partial charge in [0.2, 0.25) is 0 Å². The average Bonchev–Trinajstić information content (AvgIpc) is 2.59. The molecule has 0 radical (unpaired) electrons. The Morgan fingerprint density at radius 2 is 1.11 bits per heavy atom. The maximum absolute atomic E-state index is 12.0. The summed E-state index contributed by atoms with van der Waals surface area (Å²) in [5.74, 6) is 2.16. The van der Waals surface area contributed by atoms with Crippen molar-refractivity contribution in [3.05, 3.63) is 82.9 Å². The highest BCUT2D eigenvalue weighted by Gasteiger charge is 2.08. The standard InChI is InChI=1S/C24H24O4/c1-16-9-17(2)12-22(11-16)27-21-7-5-20(6-8-21)26-15-24(25)28-23-13-18(3)10-19(4)14-23/h5-14H,15H2,1-4H3. The first-order valence-corrected chi connectivity index (χ1v) is 9.15. The number of esters is 1. The minimum atomic E-state index is -0.444. The maximum Gasteiger partial charge on any atom is 0.349 e. The van der Waals surface area contributed by atoms with Crippen molar-refractivity contribution in [1.82, 2.24) is 0 Å². The summed E-state index contributed by atoms with van der Waals surface area (Å²) in [5.41, 5.74) is 4.39. The minimum Gasteiger partial charge on any atom is -0.482 e. The topological polar surface area (TPSA) is 44.8 Å². The van der Waals surface area contributed by atoms with E-state index in [0.717, 1.165) is 28.0 Å². The van der Waals surface area contributed by atoms with Crippen molar-refractivity contribution in [2.24, 2.45) is 0 Å². The molecule has 0 N–H and O–H groups in total. The second-order valence-corrected chi connectivity index (χ2v) is 6.98. The van der Waals surface area contributed by atoms with Crippen molar-refractivity contribution in [2.75, 3.05) is 6.61 Å². The van der Waals surface area contributed by atoms with Gasteiger partial charge in [0.25, 0.3) is 0 Å². The molecule has 0 fully saturated rings. The van der Waals surface area contributed by atoms with Gasteiger partial charge in [-0.15, -0.1) is 0 Å². The van der Waals surface area contributed by atoms with Crippen LogP contribution in [0.1, 0.15) is 22.3 Å². The Kier molecular flexibility index (Phi) is 5.99. The van der Waals surface area contributed by atoms with Gasteiger partial charge in [0, 0.05) is 0 Å². The molecule has 28 heavy (non-hydrogen) atoms. The summed E-state index contributed by atoms with van der Waals surface area (Å²) in [5, 5.41) is 0. The number of rotatable bonds is 6. The lowest BCUT2D eigenvalue weighted by molar-refractivity contribution is -0.136. The van der Waals surface area contributed by atoms with Crippen molar-refractivity contribution in [2.45, 2.75) is 27.7 Å². The summed E-state index contributed by atoms with van der Waals surface area (Å²) in [6.45, 7) is 7.83. The molecule has 0 bridgehead atoms. The predicted molar refractivity (Wildman–Crippen MR) is 109 cm³/mol. The van der Waals surface area contributed by atoms with Crippen LogP contribution >= 0.6 is 0 Å². The fourth-order valence-electron chi connectivity index (χ4n) is 3.03. The number of hydrogen-bond donors (Lipinski definition) is 0. The van der Waals surface area contributed by atoms with E-state index in [0.29, 0.717) is 17.2 Å². The van der Waals surface area contributed by atoms with E-state index in [1.54, 1.807) is 12.1 Å². The van der Waals surface area contributed by atoms with E-state index in [1.165, 1.54) is 0 Å². The third kappa shape index (κ3) is 5.61. The first-order chi connectivity index (χ1) is 13.4. The normalized spacial score (nSPS) is 10.4. The minimum absolute atomic E-state index is 0.162. The first-order valence-electron chi connectivity index (χ1n) is 9.15. The van der Waals surface area contributed by atoms with Gasteiger partial charge in [-0.05, 0) is 98.5 Å². The molecule has 4 nitrogen and oxygen atoms in total. The van der Waals surface area contributed by atoms with Crippen LogP contribution in [0.4, 0.5) is 0 Å². The van der Waals surface area contributed by atoms with Crippen LogP contribution in [0.15, 0.2) is 60.7 Å². The van der Waals surface area contributed by atoms with E-state index < -0.39 is 5.97 Å². The monoisotopic (exact) mass is 376 g/mol. The van der Waals surface area contributed by atoms with E-state index in [1.807, 2.05) is 70.2 Å². The van der Waals surface area contributed by atoms with E-state index in [2.05, 4.69) is 6.07 Å². The zero-order valence-corrected chi connectivity index (χ0v) is 16.6. The molecule has 0 saturated carbocycles. The van der Waals surface area contributed by atoms with Crippen LogP contribution in [-0.4, -0.2) is 12.6 Å². The largest absolute Gasteiger partial charge is 0.482 e. The Bertz CT molecular complexity index is 934. The van der Waals surface area contributed by atoms with Crippen molar-refractivity contribution in [3.8, 4) is 23.0 Å². The molecule has 0 aliphatic carbocycles. The summed E-state index contributed by atoms with van der Waals surface area (Å²) < 4.78 is 16.7. The van der Waals surface area contributed by atoms with E-state index >= 15 is 0 Å². The summed E-state index contributed by atoms with van der Waals surface area (Å²) in [6.07, 6.45) is 0. The maximum atomic E-state index is 12.0. The molecule has 4 heteroatoms. The third-order valence-corrected chi connectivity index (χ3v) is 4.04. The van der Waals surface area contributed by atoms with Gasteiger partial charge in [-0.3, -0.25) is 0 Å². The highest BCUT2D eigenvalue weighted by Crippen LogP contribution is 2.25. The van der Waals surface area contributed by atoms with Crippen LogP contribution in [0, 0.1) is 27.7 Å². The third-order valence-electron chi connectivity index (χ3n) is 4.04. The van der Waals surface area contributed by atoms with Crippen molar-refractivity contribution < 1.29 is 19.0 Å². The molecular weight excluding hydrogens is 352 g/mol.